The number of rotatable bonds is 6. The number of methoxy groups -OCH3 is 1. The Hall–Kier alpha value is -3.88. The Morgan fingerprint density at radius 2 is 1.74 bits per heavy atom. The highest BCUT2D eigenvalue weighted by Crippen LogP contribution is 2.32. The van der Waals surface area contributed by atoms with Gasteiger partial charge in [-0.2, -0.15) is 0 Å². The van der Waals surface area contributed by atoms with Crippen LogP contribution in [-0.2, 0) is 9.59 Å². The van der Waals surface area contributed by atoms with Crippen LogP contribution in [0.4, 0.5) is 21.5 Å². The molecule has 10 heteroatoms. The summed E-state index contributed by atoms with van der Waals surface area (Å²) < 4.78 is 19.4. The molecule has 0 bridgehead atoms. The van der Waals surface area contributed by atoms with E-state index in [-0.39, 0.29) is 16.9 Å². The highest BCUT2D eigenvalue weighted by atomic mass is 35.5. The van der Waals surface area contributed by atoms with Crippen LogP contribution in [0, 0.1) is 5.82 Å². The molecular formula is C24H16Cl2FN3O4. The summed E-state index contributed by atoms with van der Waals surface area (Å²) in [7, 11) is 1.46. The number of hydrogen-bond donors (Lipinski definition) is 2. The van der Waals surface area contributed by atoms with Gasteiger partial charge in [-0.25, -0.2) is 9.29 Å². The first kappa shape index (κ1) is 23.3. The lowest BCUT2D eigenvalue weighted by molar-refractivity contribution is -0.120. The molecule has 3 aromatic rings. The van der Waals surface area contributed by atoms with Gasteiger partial charge in [0.25, 0.3) is 17.7 Å². The maximum atomic E-state index is 14.2. The zero-order valence-electron chi connectivity index (χ0n) is 17.6. The Kier molecular flexibility index (Phi) is 6.54. The minimum Gasteiger partial charge on any atom is -0.495 e. The molecule has 0 unspecified atom stereocenters. The molecule has 34 heavy (non-hydrogen) atoms. The smallest absolute Gasteiger partial charge is 0.283 e. The van der Waals surface area contributed by atoms with Gasteiger partial charge in [-0.3, -0.25) is 14.4 Å². The van der Waals surface area contributed by atoms with E-state index in [9.17, 15) is 18.8 Å². The molecule has 1 aliphatic heterocycles. The van der Waals surface area contributed by atoms with E-state index in [1.165, 1.54) is 31.4 Å². The van der Waals surface area contributed by atoms with Crippen molar-refractivity contribution < 1.29 is 23.5 Å². The van der Waals surface area contributed by atoms with Crippen molar-refractivity contribution in [1.82, 2.24) is 0 Å². The number of nitrogens with zero attached hydrogens (tertiary/aromatic N) is 1. The molecular weight excluding hydrogens is 484 g/mol. The molecule has 7 nitrogen and oxygen atoms in total. The van der Waals surface area contributed by atoms with Crippen molar-refractivity contribution >= 4 is 58.0 Å². The van der Waals surface area contributed by atoms with E-state index in [1.54, 1.807) is 36.4 Å². The van der Waals surface area contributed by atoms with Gasteiger partial charge < -0.3 is 15.4 Å². The van der Waals surface area contributed by atoms with Crippen LogP contribution in [0.1, 0.15) is 10.4 Å². The number of halogens is 3. The molecule has 4 rings (SSSR count). The molecule has 1 heterocycles. The van der Waals surface area contributed by atoms with E-state index in [0.29, 0.717) is 27.0 Å². The molecule has 3 aromatic carbocycles. The van der Waals surface area contributed by atoms with E-state index < -0.39 is 28.6 Å². The van der Waals surface area contributed by atoms with Crippen molar-refractivity contribution in [2.24, 2.45) is 0 Å². The molecule has 0 radical (unpaired) electrons. The molecule has 2 N–H and O–H groups in total. The van der Waals surface area contributed by atoms with Crippen LogP contribution < -0.4 is 20.3 Å². The van der Waals surface area contributed by atoms with E-state index >= 15 is 0 Å². The van der Waals surface area contributed by atoms with Crippen LogP contribution in [0.2, 0.25) is 5.02 Å². The maximum absolute atomic E-state index is 14.2. The summed E-state index contributed by atoms with van der Waals surface area (Å²) >= 11 is 12.1. The van der Waals surface area contributed by atoms with E-state index in [4.69, 9.17) is 27.9 Å². The van der Waals surface area contributed by atoms with Crippen LogP contribution in [0.3, 0.4) is 0 Å². The van der Waals surface area contributed by atoms with Crippen LogP contribution in [0.5, 0.6) is 5.75 Å². The zero-order valence-corrected chi connectivity index (χ0v) is 19.1. The fourth-order valence-electron chi connectivity index (χ4n) is 3.32. The Morgan fingerprint density at radius 3 is 2.47 bits per heavy atom. The SMILES string of the molecule is COc1ccc(Cl)cc1NC(=O)c1cccc(NC2=C(Cl)C(=O)N(c3ccccc3F)C2=O)c1. The number of amides is 3. The van der Waals surface area contributed by atoms with Gasteiger partial charge in [-0.1, -0.05) is 41.4 Å². The van der Waals surface area contributed by atoms with Crippen molar-refractivity contribution in [3.8, 4) is 5.75 Å². The van der Waals surface area contributed by atoms with Gasteiger partial charge in [0.1, 0.15) is 22.3 Å². The van der Waals surface area contributed by atoms with Crippen LogP contribution in [0.25, 0.3) is 0 Å². The lowest BCUT2D eigenvalue weighted by Gasteiger charge is -2.16. The number of para-hydroxylation sites is 1. The summed E-state index contributed by atoms with van der Waals surface area (Å²) in [6.07, 6.45) is 0. The average Bonchev–Trinajstić information content (AvgIpc) is 3.03. The van der Waals surface area contributed by atoms with Crippen LogP contribution >= 0.6 is 23.2 Å². The summed E-state index contributed by atoms with van der Waals surface area (Å²) in [5.41, 5.74) is 0.489. The van der Waals surface area contributed by atoms with Crippen molar-refractivity contribution in [1.29, 1.82) is 0 Å². The second-order valence-electron chi connectivity index (χ2n) is 7.09. The number of anilines is 3. The van der Waals surface area contributed by atoms with Crippen molar-refractivity contribution in [3.05, 3.63) is 93.9 Å². The second kappa shape index (κ2) is 9.54. The summed E-state index contributed by atoms with van der Waals surface area (Å²) in [5.74, 6) is -2.47. The van der Waals surface area contributed by atoms with Gasteiger partial charge in [-0.15, -0.1) is 0 Å². The minimum atomic E-state index is -0.860. The topological polar surface area (TPSA) is 87.7 Å². The predicted molar refractivity (Wildman–Crippen MR) is 128 cm³/mol. The number of imide groups is 1. The Balaban J connectivity index is 1.56. The molecule has 3 amide bonds. The number of carbonyl (C=O) groups is 3. The largest absolute Gasteiger partial charge is 0.495 e. The molecule has 172 valence electrons. The number of ether oxygens (including phenoxy) is 1. The van der Waals surface area contributed by atoms with Gasteiger partial charge >= 0.3 is 0 Å². The molecule has 0 saturated heterocycles. The lowest BCUT2D eigenvalue weighted by Crippen LogP contribution is -2.33. The van der Waals surface area contributed by atoms with E-state index in [0.717, 1.165) is 6.07 Å². The number of benzene rings is 3. The lowest BCUT2D eigenvalue weighted by atomic mass is 10.1. The Labute approximate surface area is 203 Å². The first-order valence-electron chi connectivity index (χ1n) is 9.85. The van der Waals surface area contributed by atoms with Crippen LogP contribution in [-0.4, -0.2) is 24.8 Å². The molecule has 1 aliphatic rings. The third kappa shape index (κ3) is 4.46. The average molecular weight is 500 g/mol. The van der Waals surface area contributed by atoms with Gasteiger partial charge in [-0.05, 0) is 48.5 Å². The summed E-state index contributed by atoms with van der Waals surface area (Å²) in [6, 6.07) is 16.3. The fourth-order valence-corrected chi connectivity index (χ4v) is 3.70. The minimum absolute atomic E-state index is 0.212. The first-order valence-corrected chi connectivity index (χ1v) is 10.6. The monoisotopic (exact) mass is 499 g/mol. The van der Waals surface area contributed by atoms with Crippen molar-refractivity contribution in [2.45, 2.75) is 0 Å². The molecule has 0 spiro atoms. The normalized spacial score (nSPS) is 13.4. The van der Waals surface area contributed by atoms with E-state index in [2.05, 4.69) is 10.6 Å². The number of carbonyl (C=O) groups excluding carboxylic acids is 3. The quantitative estimate of drug-likeness (QED) is 0.456. The third-order valence-electron chi connectivity index (χ3n) is 4.92. The molecule has 0 fully saturated rings. The van der Waals surface area contributed by atoms with Gasteiger partial charge in [0.2, 0.25) is 0 Å². The van der Waals surface area contributed by atoms with Gasteiger partial charge in [0, 0.05) is 16.3 Å². The highest BCUT2D eigenvalue weighted by molar-refractivity contribution is 6.53. The predicted octanol–water partition coefficient (Wildman–Crippen LogP) is 5.18. The van der Waals surface area contributed by atoms with Gasteiger partial charge in [0.15, 0.2) is 0 Å². The van der Waals surface area contributed by atoms with Crippen molar-refractivity contribution in [2.75, 3.05) is 22.6 Å². The van der Waals surface area contributed by atoms with Gasteiger partial charge in [0.05, 0.1) is 18.5 Å². The maximum Gasteiger partial charge on any atom is 0.283 e. The summed E-state index contributed by atoms with van der Waals surface area (Å²) in [5, 5.41) is 5.50. The summed E-state index contributed by atoms with van der Waals surface area (Å²) in [4.78, 5) is 38.9. The molecule has 0 saturated carbocycles. The van der Waals surface area contributed by atoms with Crippen molar-refractivity contribution in [3.63, 3.8) is 0 Å². The van der Waals surface area contributed by atoms with Crippen LogP contribution in [0.15, 0.2) is 77.5 Å². The fraction of sp³-hybridized carbons (Fsp3) is 0.0417. The van der Waals surface area contributed by atoms with E-state index in [1.807, 2.05) is 0 Å². The number of nitrogens with one attached hydrogen (secondary N) is 2. The zero-order chi connectivity index (χ0) is 24.4. The molecule has 0 atom stereocenters. The summed E-state index contributed by atoms with van der Waals surface area (Å²) in [6.45, 7) is 0. The Morgan fingerprint density at radius 1 is 0.971 bits per heavy atom. The standard InChI is InChI=1S/C24H16Cl2FN3O4/c1-34-19-10-9-14(25)12-17(19)29-22(31)13-5-4-6-15(11-13)28-21-20(26)23(32)30(24(21)33)18-8-3-2-7-16(18)27/h2-12,28H,1H3,(H,29,31). The Bertz CT molecular complexity index is 1360. The molecule has 0 aliphatic carbocycles. The first-order chi connectivity index (χ1) is 16.3. The number of hydrogen-bond acceptors (Lipinski definition) is 5. The second-order valence-corrected chi connectivity index (χ2v) is 7.91. The highest BCUT2D eigenvalue weighted by Gasteiger charge is 2.40. The third-order valence-corrected chi connectivity index (χ3v) is 5.51. The molecule has 0 aromatic heterocycles.